The van der Waals surface area contributed by atoms with E-state index in [0.29, 0.717) is 0 Å². The standard InChI is InChI=1S/C43H25N3O2/c1-3-14-37-33(12-1)34-16-17-36-41(43(34)48-37)46-40(39-35-13-2-4-15-38(35)47-42(36)39)27-9-5-8-26(20-27)30-21-31(28-10-6-18-44-24-28)23-32(22-30)29-11-7-19-45-25-29/h1-25H. The van der Waals surface area contributed by atoms with Gasteiger partial charge in [-0.3, -0.25) is 9.97 Å². The Morgan fingerprint density at radius 1 is 0.396 bits per heavy atom. The first-order valence-electron chi connectivity index (χ1n) is 15.9. The summed E-state index contributed by atoms with van der Waals surface area (Å²) in [5.74, 6) is 0. The van der Waals surface area contributed by atoms with Crippen LogP contribution in [0.25, 0.3) is 99.4 Å². The number of fused-ring (bicyclic) bond motifs is 9. The third-order valence-corrected chi connectivity index (χ3v) is 9.21. The molecule has 0 aliphatic heterocycles. The first-order valence-corrected chi connectivity index (χ1v) is 15.9. The van der Waals surface area contributed by atoms with Crippen LogP contribution in [0.3, 0.4) is 0 Å². The third kappa shape index (κ3) is 4.15. The van der Waals surface area contributed by atoms with E-state index in [-0.39, 0.29) is 0 Å². The van der Waals surface area contributed by atoms with Gasteiger partial charge in [-0.15, -0.1) is 0 Å². The summed E-state index contributed by atoms with van der Waals surface area (Å²) in [7, 11) is 0. The number of nitrogens with zero attached hydrogens (tertiary/aromatic N) is 3. The molecule has 5 aromatic heterocycles. The molecule has 5 heteroatoms. The Balaban J connectivity index is 1.24. The molecule has 0 spiro atoms. The molecule has 5 heterocycles. The summed E-state index contributed by atoms with van der Waals surface area (Å²) in [6, 6.07) is 43.9. The maximum absolute atomic E-state index is 6.60. The molecule has 0 atom stereocenters. The molecule has 0 N–H and O–H groups in total. The van der Waals surface area contributed by atoms with E-state index in [1.54, 1.807) is 12.4 Å². The summed E-state index contributed by atoms with van der Waals surface area (Å²) in [5, 5.41) is 5.06. The average molecular weight is 616 g/mol. The van der Waals surface area contributed by atoms with Crippen molar-refractivity contribution >= 4 is 54.8 Å². The van der Waals surface area contributed by atoms with Crippen molar-refractivity contribution in [2.24, 2.45) is 0 Å². The average Bonchev–Trinajstić information content (AvgIpc) is 3.75. The van der Waals surface area contributed by atoms with Crippen molar-refractivity contribution in [3.05, 3.63) is 152 Å². The van der Waals surface area contributed by atoms with Crippen LogP contribution in [0.4, 0.5) is 0 Å². The van der Waals surface area contributed by atoms with Gasteiger partial charge in [0.1, 0.15) is 22.3 Å². The Morgan fingerprint density at radius 3 is 1.67 bits per heavy atom. The lowest BCUT2D eigenvalue weighted by Crippen LogP contribution is -1.90. The predicted molar refractivity (Wildman–Crippen MR) is 194 cm³/mol. The minimum absolute atomic E-state index is 0.763. The number of hydrogen-bond donors (Lipinski definition) is 0. The Kier molecular flexibility index (Phi) is 5.81. The fraction of sp³-hybridized carbons (Fsp3) is 0. The van der Waals surface area contributed by atoms with Crippen molar-refractivity contribution in [3.8, 4) is 44.6 Å². The van der Waals surface area contributed by atoms with E-state index in [9.17, 15) is 0 Å². The molecule has 10 aromatic rings. The molecule has 5 nitrogen and oxygen atoms in total. The molecule has 48 heavy (non-hydrogen) atoms. The summed E-state index contributed by atoms with van der Waals surface area (Å²) in [6.45, 7) is 0. The van der Waals surface area contributed by atoms with E-state index in [2.05, 4.69) is 88.8 Å². The molecule has 0 bridgehead atoms. The molecule has 224 valence electrons. The van der Waals surface area contributed by atoms with Crippen molar-refractivity contribution in [1.29, 1.82) is 0 Å². The highest BCUT2D eigenvalue weighted by atomic mass is 16.3. The van der Waals surface area contributed by atoms with Gasteiger partial charge in [-0.05, 0) is 82.9 Å². The van der Waals surface area contributed by atoms with Gasteiger partial charge in [-0.25, -0.2) is 4.98 Å². The van der Waals surface area contributed by atoms with Crippen LogP contribution in [-0.4, -0.2) is 15.0 Å². The summed E-state index contributed by atoms with van der Waals surface area (Å²) in [5.41, 5.74) is 12.3. The SMILES string of the molecule is c1cncc(-c2cc(-c3cccnc3)cc(-c3cccc(-c4nc5c(ccc6c7ccccc7oc65)c5oc6ccccc6c45)c3)c2)c1. The maximum atomic E-state index is 6.60. The van der Waals surface area contributed by atoms with Gasteiger partial charge in [0.05, 0.1) is 11.1 Å². The minimum Gasteiger partial charge on any atom is -0.455 e. The number of para-hydroxylation sites is 2. The van der Waals surface area contributed by atoms with E-state index in [4.69, 9.17) is 13.8 Å². The van der Waals surface area contributed by atoms with Gasteiger partial charge in [-0.1, -0.05) is 66.7 Å². The summed E-state index contributed by atoms with van der Waals surface area (Å²) in [6.07, 6.45) is 7.41. The van der Waals surface area contributed by atoms with Gasteiger partial charge >= 0.3 is 0 Å². The molecule has 0 unspecified atom stereocenters. The van der Waals surface area contributed by atoms with Crippen molar-refractivity contribution < 1.29 is 8.83 Å². The number of hydrogen-bond acceptors (Lipinski definition) is 5. The lowest BCUT2D eigenvalue weighted by atomic mass is 9.93. The van der Waals surface area contributed by atoms with Crippen molar-refractivity contribution in [2.75, 3.05) is 0 Å². The molecule has 0 saturated heterocycles. The monoisotopic (exact) mass is 615 g/mol. The van der Waals surface area contributed by atoms with Gasteiger partial charge in [0.15, 0.2) is 5.58 Å². The molecular formula is C43H25N3O2. The van der Waals surface area contributed by atoms with Crippen LogP contribution >= 0.6 is 0 Å². The Labute approximate surface area is 274 Å². The smallest absolute Gasteiger partial charge is 0.161 e. The normalized spacial score (nSPS) is 11.8. The fourth-order valence-electron chi connectivity index (χ4n) is 6.96. The molecule has 5 aromatic carbocycles. The van der Waals surface area contributed by atoms with Gasteiger partial charge in [-0.2, -0.15) is 0 Å². The third-order valence-electron chi connectivity index (χ3n) is 9.21. The van der Waals surface area contributed by atoms with Crippen LogP contribution in [0.5, 0.6) is 0 Å². The summed E-state index contributed by atoms with van der Waals surface area (Å²) >= 11 is 0. The highest BCUT2D eigenvalue weighted by Crippen LogP contribution is 2.43. The van der Waals surface area contributed by atoms with Gasteiger partial charge in [0.25, 0.3) is 0 Å². The van der Waals surface area contributed by atoms with E-state index in [1.807, 2.05) is 60.9 Å². The molecule has 0 amide bonds. The summed E-state index contributed by atoms with van der Waals surface area (Å²) < 4.78 is 13.1. The molecule has 10 rings (SSSR count). The predicted octanol–water partition coefficient (Wildman–Crippen LogP) is 11.5. The van der Waals surface area contributed by atoms with E-state index in [1.165, 1.54) is 0 Å². The van der Waals surface area contributed by atoms with Gasteiger partial charge < -0.3 is 8.83 Å². The molecule has 0 radical (unpaired) electrons. The van der Waals surface area contributed by atoms with Crippen LogP contribution in [0.2, 0.25) is 0 Å². The zero-order valence-corrected chi connectivity index (χ0v) is 25.6. The molecule has 0 fully saturated rings. The minimum atomic E-state index is 0.763. The number of pyridine rings is 3. The van der Waals surface area contributed by atoms with E-state index in [0.717, 1.165) is 99.4 Å². The van der Waals surface area contributed by atoms with Crippen LogP contribution in [0, 0.1) is 0 Å². The number of rotatable bonds is 4. The lowest BCUT2D eigenvalue weighted by Gasteiger charge is -2.12. The topological polar surface area (TPSA) is 65.0 Å². The zero-order chi connectivity index (χ0) is 31.6. The van der Waals surface area contributed by atoms with Crippen molar-refractivity contribution in [2.45, 2.75) is 0 Å². The zero-order valence-electron chi connectivity index (χ0n) is 25.6. The van der Waals surface area contributed by atoms with E-state index < -0.39 is 0 Å². The van der Waals surface area contributed by atoms with Crippen LogP contribution < -0.4 is 0 Å². The second-order valence-corrected chi connectivity index (χ2v) is 12.1. The van der Waals surface area contributed by atoms with Crippen LogP contribution in [0.15, 0.2) is 161 Å². The molecule has 0 saturated carbocycles. The molecule has 0 aliphatic rings. The maximum Gasteiger partial charge on any atom is 0.161 e. The van der Waals surface area contributed by atoms with Gasteiger partial charge in [0.2, 0.25) is 0 Å². The number of benzene rings is 5. The Hall–Kier alpha value is -6.59. The van der Waals surface area contributed by atoms with Gasteiger partial charge in [0, 0.05) is 63.0 Å². The Morgan fingerprint density at radius 2 is 0.958 bits per heavy atom. The highest BCUT2D eigenvalue weighted by Gasteiger charge is 2.21. The van der Waals surface area contributed by atoms with Crippen LogP contribution in [0.1, 0.15) is 0 Å². The lowest BCUT2D eigenvalue weighted by molar-refractivity contribution is 0.668. The van der Waals surface area contributed by atoms with Crippen LogP contribution in [-0.2, 0) is 0 Å². The quantitative estimate of drug-likeness (QED) is 0.197. The Bertz CT molecular complexity index is 2780. The van der Waals surface area contributed by atoms with Crippen molar-refractivity contribution in [3.63, 3.8) is 0 Å². The highest BCUT2D eigenvalue weighted by molar-refractivity contribution is 6.24. The molecule has 0 aliphatic carbocycles. The largest absolute Gasteiger partial charge is 0.455 e. The summed E-state index contributed by atoms with van der Waals surface area (Å²) in [4.78, 5) is 14.2. The first-order chi connectivity index (χ1) is 23.8. The van der Waals surface area contributed by atoms with Crippen molar-refractivity contribution in [1.82, 2.24) is 15.0 Å². The van der Waals surface area contributed by atoms with E-state index >= 15 is 0 Å². The molecular weight excluding hydrogens is 590 g/mol. The number of aromatic nitrogens is 3. The first kappa shape index (κ1) is 26.6. The second-order valence-electron chi connectivity index (χ2n) is 12.1. The fourth-order valence-corrected chi connectivity index (χ4v) is 6.96. The second kappa shape index (κ2) is 10.5. The number of furan rings is 2.